The van der Waals surface area contributed by atoms with E-state index in [4.69, 9.17) is 4.74 Å². The number of pyridine rings is 1. The number of carbonyl (C=O) groups is 2. The molecule has 0 aromatic carbocycles. The van der Waals surface area contributed by atoms with Gasteiger partial charge >= 0.3 is 0 Å². The van der Waals surface area contributed by atoms with Gasteiger partial charge in [-0.15, -0.1) is 0 Å². The van der Waals surface area contributed by atoms with Crippen LogP contribution in [0.25, 0.3) is 11.3 Å². The number of imidazole rings is 1. The van der Waals surface area contributed by atoms with Gasteiger partial charge in [-0.25, -0.2) is 14.4 Å². The highest BCUT2D eigenvalue weighted by molar-refractivity contribution is 5.94. The molecule has 10 nitrogen and oxygen atoms in total. The molecule has 37 heavy (non-hydrogen) atoms. The van der Waals surface area contributed by atoms with E-state index >= 15 is 0 Å². The number of likely N-dealkylation sites (tertiary alicyclic amines) is 1. The van der Waals surface area contributed by atoms with Crippen LogP contribution < -0.4 is 10.1 Å². The smallest absolute Gasteiger partial charge is 0.272 e. The predicted octanol–water partition coefficient (Wildman–Crippen LogP) is 2.58. The van der Waals surface area contributed by atoms with Crippen molar-refractivity contribution in [1.82, 2.24) is 34.9 Å². The second kappa shape index (κ2) is 9.28. The van der Waals surface area contributed by atoms with Gasteiger partial charge in [0.25, 0.3) is 5.91 Å². The molecule has 5 heterocycles. The van der Waals surface area contributed by atoms with Crippen LogP contribution in [0.3, 0.4) is 0 Å². The van der Waals surface area contributed by atoms with Gasteiger partial charge in [0.05, 0.1) is 25.3 Å². The lowest BCUT2D eigenvalue weighted by Gasteiger charge is -2.39. The summed E-state index contributed by atoms with van der Waals surface area (Å²) in [5, 5.41) is 10.1. The van der Waals surface area contributed by atoms with Crippen molar-refractivity contribution < 1.29 is 18.7 Å². The van der Waals surface area contributed by atoms with Gasteiger partial charge in [0.1, 0.15) is 5.69 Å². The number of ether oxygens (including phenoxy) is 1. The molecule has 6 rings (SSSR count). The van der Waals surface area contributed by atoms with Gasteiger partial charge in [-0.2, -0.15) is 5.10 Å². The maximum atomic E-state index is 14.3. The van der Waals surface area contributed by atoms with Crippen LogP contribution in [0.2, 0.25) is 0 Å². The molecule has 2 fully saturated rings. The minimum Gasteiger partial charge on any atom is -0.481 e. The van der Waals surface area contributed by atoms with Gasteiger partial charge in [0.2, 0.25) is 11.8 Å². The molecule has 3 aliphatic rings. The van der Waals surface area contributed by atoms with E-state index in [-0.39, 0.29) is 34.7 Å². The third-order valence-electron chi connectivity index (χ3n) is 8.11. The molecule has 2 atom stereocenters. The van der Waals surface area contributed by atoms with E-state index in [1.807, 2.05) is 17.4 Å². The zero-order chi connectivity index (χ0) is 25.6. The van der Waals surface area contributed by atoms with E-state index in [1.165, 1.54) is 18.9 Å². The Bertz CT molecular complexity index is 1330. The van der Waals surface area contributed by atoms with Crippen molar-refractivity contribution >= 4 is 11.8 Å². The number of carbonyl (C=O) groups excluding carboxylic acids is 2. The van der Waals surface area contributed by atoms with Crippen LogP contribution in [0, 0.1) is 17.7 Å². The van der Waals surface area contributed by atoms with Crippen molar-refractivity contribution in [3.63, 3.8) is 0 Å². The monoisotopic (exact) mass is 507 g/mol. The first-order valence-electron chi connectivity index (χ1n) is 12.8. The lowest BCUT2D eigenvalue weighted by atomic mass is 9.87. The number of aromatic nitrogens is 5. The standard InChI is InChI=1S/C26H30FN7O3/c1-37-23-9-19(20(27)14-29-23)21-10-22(32-31-21)25(36)34-7-3-17(11-26(34)4-5-26)24(35)30-12-16-2-6-33-15-28-13-18(33)8-16/h9-10,13-17H,2-8,11-12H2,1H3,(H,30,35)(H,31,32)/t16-,17+/m1/s1. The molecule has 1 saturated carbocycles. The maximum absolute atomic E-state index is 14.3. The number of methoxy groups -OCH3 is 1. The van der Waals surface area contributed by atoms with Crippen LogP contribution in [0.5, 0.6) is 5.88 Å². The topological polar surface area (TPSA) is 118 Å². The normalized spacial score (nSPS) is 21.9. The van der Waals surface area contributed by atoms with Gasteiger partial charge in [-0.1, -0.05) is 0 Å². The molecule has 0 radical (unpaired) electrons. The van der Waals surface area contributed by atoms with Crippen LogP contribution in [0.4, 0.5) is 4.39 Å². The molecule has 0 unspecified atom stereocenters. The fourth-order valence-electron chi connectivity index (χ4n) is 5.80. The van der Waals surface area contributed by atoms with Crippen molar-refractivity contribution in [3.8, 4) is 17.1 Å². The Morgan fingerprint density at radius 2 is 2.11 bits per heavy atom. The summed E-state index contributed by atoms with van der Waals surface area (Å²) in [6.45, 7) is 2.12. The second-order valence-electron chi connectivity index (χ2n) is 10.4. The first kappa shape index (κ1) is 23.6. The van der Waals surface area contributed by atoms with Crippen molar-refractivity contribution in [1.29, 1.82) is 0 Å². The summed E-state index contributed by atoms with van der Waals surface area (Å²) in [6.07, 6.45) is 9.86. The summed E-state index contributed by atoms with van der Waals surface area (Å²) in [4.78, 5) is 36.4. The number of aromatic amines is 1. The first-order valence-corrected chi connectivity index (χ1v) is 12.8. The summed E-state index contributed by atoms with van der Waals surface area (Å²) in [5.74, 6) is -0.0464. The molecular formula is C26H30FN7O3. The van der Waals surface area contributed by atoms with E-state index in [2.05, 4.69) is 30.0 Å². The zero-order valence-corrected chi connectivity index (χ0v) is 20.7. The Morgan fingerprint density at radius 1 is 1.24 bits per heavy atom. The van der Waals surface area contributed by atoms with E-state index in [9.17, 15) is 14.0 Å². The summed E-state index contributed by atoms with van der Waals surface area (Å²) in [5.41, 5.74) is 1.76. The van der Waals surface area contributed by atoms with Gasteiger partial charge in [-0.05, 0) is 50.5 Å². The fraction of sp³-hybridized carbons (Fsp3) is 0.500. The zero-order valence-electron chi connectivity index (χ0n) is 20.7. The average molecular weight is 508 g/mol. The molecule has 3 aromatic rings. The highest BCUT2D eigenvalue weighted by atomic mass is 19.1. The van der Waals surface area contributed by atoms with E-state index in [1.54, 1.807) is 6.07 Å². The number of fused-ring (bicyclic) bond motifs is 1. The fourth-order valence-corrected chi connectivity index (χ4v) is 5.80. The maximum Gasteiger partial charge on any atom is 0.272 e. The minimum atomic E-state index is -0.546. The number of rotatable bonds is 6. The molecule has 2 amide bonds. The van der Waals surface area contributed by atoms with Crippen molar-refractivity contribution in [3.05, 3.63) is 48.1 Å². The Morgan fingerprint density at radius 3 is 2.92 bits per heavy atom. The van der Waals surface area contributed by atoms with Crippen LogP contribution in [0.15, 0.2) is 30.9 Å². The first-order chi connectivity index (χ1) is 18.0. The molecule has 0 bridgehead atoms. The van der Waals surface area contributed by atoms with Crippen molar-refractivity contribution in [2.75, 3.05) is 20.2 Å². The van der Waals surface area contributed by atoms with Crippen molar-refractivity contribution in [2.24, 2.45) is 11.8 Å². The summed E-state index contributed by atoms with van der Waals surface area (Å²) < 4.78 is 21.6. The summed E-state index contributed by atoms with van der Waals surface area (Å²) >= 11 is 0. The number of aryl methyl sites for hydroxylation is 1. The molecule has 2 N–H and O–H groups in total. The largest absolute Gasteiger partial charge is 0.481 e. The predicted molar refractivity (Wildman–Crippen MR) is 131 cm³/mol. The molecule has 11 heteroatoms. The molecule has 2 aliphatic heterocycles. The van der Waals surface area contributed by atoms with Crippen molar-refractivity contribution in [2.45, 2.75) is 50.6 Å². The SMILES string of the molecule is COc1cc(-c2cc(C(=O)N3CC[C@H](C(=O)NC[C@@H]4CCn5cncc5C4)CC34CC4)[nH]n2)c(F)cn1. The number of H-pyrrole nitrogens is 1. The number of hydrogen-bond donors (Lipinski definition) is 2. The van der Waals surface area contributed by atoms with Crippen LogP contribution in [0.1, 0.15) is 48.3 Å². The van der Waals surface area contributed by atoms with Gasteiger partial charge in [0, 0.05) is 54.6 Å². The number of piperidine rings is 1. The lowest BCUT2D eigenvalue weighted by molar-refractivity contribution is -0.127. The van der Waals surface area contributed by atoms with E-state index in [0.29, 0.717) is 43.2 Å². The minimum absolute atomic E-state index is 0.0865. The number of halogens is 1. The number of nitrogens with one attached hydrogen (secondary N) is 2. The molecular weight excluding hydrogens is 477 g/mol. The van der Waals surface area contributed by atoms with E-state index in [0.717, 1.165) is 38.4 Å². The van der Waals surface area contributed by atoms with E-state index < -0.39 is 5.82 Å². The Hall–Kier alpha value is -3.76. The lowest BCUT2D eigenvalue weighted by Crippen LogP contribution is -2.51. The highest BCUT2D eigenvalue weighted by Crippen LogP contribution is 2.50. The third kappa shape index (κ3) is 4.47. The summed E-state index contributed by atoms with van der Waals surface area (Å²) in [7, 11) is 1.45. The Labute approximate surface area is 213 Å². The van der Waals surface area contributed by atoms with Crippen LogP contribution >= 0.6 is 0 Å². The Balaban J connectivity index is 1.08. The van der Waals surface area contributed by atoms with Gasteiger partial charge in [0.15, 0.2) is 5.82 Å². The molecule has 194 valence electrons. The van der Waals surface area contributed by atoms with Crippen LogP contribution in [-0.4, -0.2) is 67.2 Å². The highest BCUT2D eigenvalue weighted by Gasteiger charge is 2.54. The summed E-state index contributed by atoms with van der Waals surface area (Å²) in [6, 6.07) is 3.01. The van der Waals surface area contributed by atoms with Gasteiger partial charge < -0.3 is 19.5 Å². The number of nitrogens with zero attached hydrogens (tertiary/aromatic N) is 5. The third-order valence-corrected chi connectivity index (χ3v) is 8.11. The number of hydrogen-bond acceptors (Lipinski definition) is 6. The average Bonchev–Trinajstić information content (AvgIpc) is 3.31. The molecule has 3 aromatic heterocycles. The molecule has 1 aliphatic carbocycles. The van der Waals surface area contributed by atoms with Gasteiger partial charge in [-0.3, -0.25) is 14.7 Å². The molecule has 1 spiro atoms. The quantitative estimate of drug-likeness (QED) is 0.530. The Kier molecular flexibility index (Phi) is 5.92. The number of amides is 2. The molecule has 1 saturated heterocycles. The van der Waals surface area contributed by atoms with Crippen LogP contribution in [-0.2, 0) is 17.8 Å². The second-order valence-corrected chi connectivity index (χ2v) is 10.4.